The first-order valence-electron chi connectivity index (χ1n) is 13.7. The zero-order valence-corrected chi connectivity index (χ0v) is 21.9. The summed E-state index contributed by atoms with van der Waals surface area (Å²) in [5.74, 6) is 1.31. The molecule has 1 saturated carbocycles. The summed E-state index contributed by atoms with van der Waals surface area (Å²) in [4.78, 5) is 24.8. The standard InChI is InChI=1S/C31H34FN5O/c1-36-29-15-18-37(20-28(29)35-30(36)22-5-2-6-23(32)19-22)17-14-21-10-12-24(13-11-21)34-31(38)26-7-3-9-27-25(26)8-4-16-33-27/h2-9,16,19,21,24H,10-15,17-18,20H2,1H3,(H,34,38). The molecule has 38 heavy (non-hydrogen) atoms. The van der Waals surface area contributed by atoms with Gasteiger partial charge in [0, 0.05) is 61.0 Å². The molecule has 6 rings (SSSR count). The highest BCUT2D eigenvalue weighted by molar-refractivity contribution is 6.06. The lowest BCUT2D eigenvalue weighted by atomic mass is 9.84. The van der Waals surface area contributed by atoms with E-state index in [2.05, 4.69) is 19.8 Å². The maximum atomic E-state index is 13.8. The van der Waals surface area contributed by atoms with Crippen molar-refractivity contribution in [2.24, 2.45) is 13.0 Å². The van der Waals surface area contributed by atoms with Crippen LogP contribution in [0.4, 0.5) is 4.39 Å². The summed E-state index contributed by atoms with van der Waals surface area (Å²) in [7, 11) is 2.04. The van der Waals surface area contributed by atoms with Crippen molar-refractivity contribution in [3.8, 4) is 11.4 Å². The highest BCUT2D eigenvalue weighted by Gasteiger charge is 2.26. The number of pyridine rings is 1. The molecule has 0 radical (unpaired) electrons. The lowest BCUT2D eigenvalue weighted by Gasteiger charge is -2.32. The van der Waals surface area contributed by atoms with Crippen LogP contribution in [0.1, 0.15) is 53.8 Å². The summed E-state index contributed by atoms with van der Waals surface area (Å²) in [5.41, 5.74) is 4.77. The molecule has 1 aliphatic heterocycles. The van der Waals surface area contributed by atoms with Crippen molar-refractivity contribution in [3.63, 3.8) is 0 Å². The van der Waals surface area contributed by atoms with E-state index >= 15 is 0 Å². The Hall–Kier alpha value is -3.58. The molecular weight excluding hydrogens is 477 g/mol. The molecule has 0 spiro atoms. The maximum absolute atomic E-state index is 13.8. The lowest BCUT2D eigenvalue weighted by molar-refractivity contribution is 0.0921. The third kappa shape index (κ3) is 5.07. The predicted molar refractivity (Wildman–Crippen MR) is 147 cm³/mol. The number of hydrogen-bond donors (Lipinski definition) is 1. The fourth-order valence-corrected chi connectivity index (χ4v) is 6.18. The monoisotopic (exact) mass is 511 g/mol. The van der Waals surface area contributed by atoms with Crippen molar-refractivity contribution in [1.82, 2.24) is 24.8 Å². The van der Waals surface area contributed by atoms with Gasteiger partial charge in [-0.25, -0.2) is 9.37 Å². The van der Waals surface area contributed by atoms with Crippen LogP contribution in [0.5, 0.6) is 0 Å². The minimum atomic E-state index is -0.231. The second-order valence-electron chi connectivity index (χ2n) is 10.8. The molecule has 196 valence electrons. The molecule has 2 aromatic heterocycles. The zero-order valence-electron chi connectivity index (χ0n) is 21.9. The minimum absolute atomic E-state index is 0.00384. The predicted octanol–water partition coefficient (Wildman–Crippen LogP) is 5.51. The Bertz CT molecular complexity index is 1450. The van der Waals surface area contributed by atoms with Crippen LogP contribution in [-0.2, 0) is 20.0 Å². The molecule has 0 unspecified atom stereocenters. The topological polar surface area (TPSA) is 63.1 Å². The van der Waals surface area contributed by atoms with Crippen molar-refractivity contribution in [1.29, 1.82) is 0 Å². The summed E-state index contributed by atoms with van der Waals surface area (Å²) in [6, 6.07) is 16.5. The van der Waals surface area contributed by atoms with Gasteiger partial charge in [-0.3, -0.25) is 14.7 Å². The van der Waals surface area contributed by atoms with Crippen LogP contribution in [0, 0.1) is 11.7 Å². The number of imidazole rings is 1. The van der Waals surface area contributed by atoms with Crippen LogP contribution in [-0.4, -0.2) is 44.5 Å². The Morgan fingerprint density at radius 1 is 1.08 bits per heavy atom. The van der Waals surface area contributed by atoms with E-state index in [4.69, 9.17) is 4.98 Å². The average Bonchev–Trinajstić information content (AvgIpc) is 3.28. The van der Waals surface area contributed by atoms with E-state index in [1.165, 1.54) is 18.2 Å². The molecule has 7 heteroatoms. The van der Waals surface area contributed by atoms with Gasteiger partial charge in [0.15, 0.2) is 0 Å². The first-order chi connectivity index (χ1) is 18.5. The van der Waals surface area contributed by atoms with Gasteiger partial charge in [-0.05, 0) is 74.9 Å². The number of benzene rings is 2. The molecule has 3 heterocycles. The van der Waals surface area contributed by atoms with Crippen molar-refractivity contribution < 1.29 is 9.18 Å². The van der Waals surface area contributed by atoms with Gasteiger partial charge < -0.3 is 9.88 Å². The molecule has 1 N–H and O–H groups in total. The Labute approximate surface area is 222 Å². The molecule has 6 nitrogen and oxygen atoms in total. The summed E-state index contributed by atoms with van der Waals surface area (Å²) in [6.07, 6.45) is 8.25. The van der Waals surface area contributed by atoms with Crippen LogP contribution in [0.2, 0.25) is 0 Å². The Morgan fingerprint density at radius 2 is 1.92 bits per heavy atom. The second kappa shape index (κ2) is 10.7. The molecule has 2 aromatic carbocycles. The van der Waals surface area contributed by atoms with Crippen molar-refractivity contribution >= 4 is 16.8 Å². The van der Waals surface area contributed by atoms with E-state index in [1.54, 1.807) is 18.3 Å². The smallest absolute Gasteiger partial charge is 0.252 e. The molecule has 1 fully saturated rings. The Balaban J connectivity index is 0.999. The number of halogens is 1. The number of nitrogens with one attached hydrogen (secondary N) is 1. The van der Waals surface area contributed by atoms with Crippen LogP contribution >= 0.6 is 0 Å². The van der Waals surface area contributed by atoms with E-state index in [1.807, 2.05) is 43.4 Å². The van der Waals surface area contributed by atoms with Gasteiger partial charge in [0.2, 0.25) is 0 Å². The summed E-state index contributed by atoms with van der Waals surface area (Å²) >= 11 is 0. The number of rotatable bonds is 6. The van der Waals surface area contributed by atoms with E-state index in [0.717, 1.165) is 79.7 Å². The molecule has 0 atom stereocenters. The summed E-state index contributed by atoms with van der Waals surface area (Å²) < 4.78 is 15.9. The number of nitrogens with zero attached hydrogens (tertiary/aromatic N) is 4. The van der Waals surface area contributed by atoms with Crippen LogP contribution in [0.15, 0.2) is 60.8 Å². The van der Waals surface area contributed by atoms with Gasteiger partial charge in [-0.2, -0.15) is 0 Å². The van der Waals surface area contributed by atoms with Gasteiger partial charge in [-0.1, -0.05) is 24.3 Å². The van der Waals surface area contributed by atoms with Gasteiger partial charge in [0.1, 0.15) is 11.6 Å². The van der Waals surface area contributed by atoms with Crippen molar-refractivity contribution in [2.45, 2.75) is 51.1 Å². The van der Waals surface area contributed by atoms with Gasteiger partial charge in [0.25, 0.3) is 5.91 Å². The number of amides is 1. The maximum Gasteiger partial charge on any atom is 0.252 e. The highest BCUT2D eigenvalue weighted by atomic mass is 19.1. The third-order valence-corrected chi connectivity index (χ3v) is 8.34. The highest BCUT2D eigenvalue weighted by Crippen LogP contribution is 2.30. The number of hydrogen-bond acceptors (Lipinski definition) is 4. The van der Waals surface area contributed by atoms with E-state index in [-0.39, 0.29) is 17.8 Å². The Morgan fingerprint density at radius 3 is 2.76 bits per heavy atom. The fraction of sp³-hybridized carbons (Fsp3) is 0.387. The first-order valence-corrected chi connectivity index (χ1v) is 13.7. The molecule has 0 saturated heterocycles. The van der Waals surface area contributed by atoms with Gasteiger partial charge >= 0.3 is 0 Å². The molecule has 1 aliphatic carbocycles. The summed E-state index contributed by atoms with van der Waals surface area (Å²) in [5, 5.41) is 4.18. The van der Waals surface area contributed by atoms with Crippen LogP contribution < -0.4 is 5.32 Å². The second-order valence-corrected chi connectivity index (χ2v) is 10.8. The largest absolute Gasteiger partial charge is 0.349 e. The SMILES string of the molecule is Cn1c(-c2cccc(F)c2)nc2c1CCN(CCC1CCC(NC(=O)c3cccc4ncccc34)CC1)C2. The number of aromatic nitrogens is 3. The van der Waals surface area contributed by atoms with Crippen LogP contribution in [0.25, 0.3) is 22.3 Å². The van der Waals surface area contributed by atoms with E-state index < -0.39 is 0 Å². The van der Waals surface area contributed by atoms with Crippen molar-refractivity contribution in [2.75, 3.05) is 13.1 Å². The quantitative estimate of drug-likeness (QED) is 0.371. The van der Waals surface area contributed by atoms with Gasteiger partial charge in [0.05, 0.1) is 11.2 Å². The van der Waals surface area contributed by atoms with Crippen molar-refractivity contribution in [3.05, 3.63) is 83.6 Å². The number of carbonyl (C=O) groups is 1. The van der Waals surface area contributed by atoms with E-state index in [0.29, 0.717) is 11.5 Å². The summed E-state index contributed by atoms with van der Waals surface area (Å²) in [6.45, 7) is 2.94. The van der Waals surface area contributed by atoms with Gasteiger partial charge in [-0.15, -0.1) is 0 Å². The Kier molecular flexibility index (Phi) is 6.94. The van der Waals surface area contributed by atoms with E-state index in [9.17, 15) is 9.18 Å². The zero-order chi connectivity index (χ0) is 26.1. The minimum Gasteiger partial charge on any atom is -0.349 e. The average molecular weight is 512 g/mol. The normalized spacial score (nSPS) is 19.8. The lowest BCUT2D eigenvalue weighted by Crippen LogP contribution is -2.38. The molecular formula is C31H34FN5O. The third-order valence-electron chi connectivity index (χ3n) is 8.34. The molecule has 4 aromatic rings. The number of carbonyl (C=O) groups excluding carboxylic acids is 1. The molecule has 1 amide bonds. The first kappa shape index (κ1) is 24.7. The molecule has 0 bridgehead atoms. The number of fused-ring (bicyclic) bond motifs is 2. The van der Waals surface area contributed by atoms with Crippen LogP contribution in [0.3, 0.4) is 0 Å². The fourth-order valence-electron chi connectivity index (χ4n) is 6.18. The molecule has 2 aliphatic rings.